The molecule has 1 amide bonds. The van der Waals surface area contributed by atoms with Crippen molar-refractivity contribution in [1.82, 2.24) is 19.9 Å². The summed E-state index contributed by atoms with van der Waals surface area (Å²) in [4.78, 5) is 19.4. The number of rotatable bonds is 4. The number of aromatic nitrogens is 1. The van der Waals surface area contributed by atoms with E-state index in [2.05, 4.69) is 19.9 Å². The van der Waals surface area contributed by atoms with E-state index >= 15 is 0 Å². The normalized spacial score (nSPS) is 25.5. The Hall–Kier alpha value is -1.99. The molecule has 0 bridgehead atoms. The van der Waals surface area contributed by atoms with Crippen molar-refractivity contribution in [1.29, 1.82) is 0 Å². The Labute approximate surface area is 151 Å². The van der Waals surface area contributed by atoms with Gasteiger partial charge in [-0.05, 0) is 31.4 Å². The van der Waals surface area contributed by atoms with Crippen LogP contribution >= 0.6 is 0 Å². The third-order valence-electron chi connectivity index (χ3n) is 5.93. The molecule has 26 heavy (non-hydrogen) atoms. The molecule has 3 heterocycles. The second kappa shape index (κ2) is 6.32. The van der Waals surface area contributed by atoms with E-state index in [1.54, 1.807) is 6.07 Å². The summed E-state index contributed by atoms with van der Waals surface area (Å²) in [5.74, 6) is 0.0285. The zero-order valence-electron chi connectivity index (χ0n) is 14.7. The van der Waals surface area contributed by atoms with Crippen molar-refractivity contribution in [2.45, 2.75) is 37.9 Å². The second-order valence-electron chi connectivity index (χ2n) is 7.65. The summed E-state index contributed by atoms with van der Waals surface area (Å²) in [5.41, 5.74) is 1.35. The Morgan fingerprint density at radius 1 is 1.12 bits per heavy atom. The molecule has 7 heteroatoms. The molecule has 1 atom stereocenters. The molecule has 2 saturated heterocycles. The Kier molecular flexibility index (Phi) is 3.94. The van der Waals surface area contributed by atoms with Crippen molar-refractivity contribution in [2.24, 2.45) is 0 Å². The fourth-order valence-corrected chi connectivity index (χ4v) is 4.30. The number of amides is 1. The van der Waals surface area contributed by atoms with Gasteiger partial charge in [-0.15, -0.1) is 0 Å². The van der Waals surface area contributed by atoms with Crippen molar-refractivity contribution < 1.29 is 13.7 Å². The molecule has 6 nitrogen and oxygen atoms in total. The first kappa shape index (κ1) is 16.2. The highest BCUT2D eigenvalue weighted by Crippen LogP contribution is 2.32. The van der Waals surface area contributed by atoms with E-state index in [0.717, 1.165) is 50.2 Å². The lowest BCUT2D eigenvalue weighted by molar-refractivity contribution is -0.133. The maximum Gasteiger partial charge on any atom is 0.240 e. The summed E-state index contributed by atoms with van der Waals surface area (Å²) in [7, 11) is 0. The zero-order chi connectivity index (χ0) is 17.7. The van der Waals surface area contributed by atoms with Gasteiger partial charge in [0.05, 0.1) is 6.04 Å². The molecule has 1 aromatic carbocycles. The van der Waals surface area contributed by atoms with Crippen molar-refractivity contribution in [3.8, 4) is 0 Å². The lowest BCUT2D eigenvalue weighted by atomic mass is 10.1. The highest BCUT2D eigenvalue weighted by Gasteiger charge is 2.43. The molecule has 1 aromatic heterocycles. The van der Waals surface area contributed by atoms with Crippen molar-refractivity contribution in [3.63, 3.8) is 0 Å². The molecule has 1 aliphatic carbocycles. The van der Waals surface area contributed by atoms with Gasteiger partial charge < -0.3 is 9.42 Å². The summed E-state index contributed by atoms with van der Waals surface area (Å²) < 4.78 is 18.5. The van der Waals surface area contributed by atoms with Crippen molar-refractivity contribution >= 4 is 16.9 Å². The molecule has 0 radical (unpaired) electrons. The highest BCUT2D eigenvalue weighted by atomic mass is 19.1. The molecule has 0 N–H and O–H groups in total. The minimum atomic E-state index is -0.310. The molecule has 138 valence electrons. The van der Waals surface area contributed by atoms with Crippen LogP contribution in [0.1, 0.15) is 25.0 Å². The van der Waals surface area contributed by atoms with Gasteiger partial charge in [-0.2, -0.15) is 0 Å². The van der Waals surface area contributed by atoms with E-state index in [1.807, 2.05) is 0 Å². The number of hydrogen-bond acceptors (Lipinski definition) is 5. The molecule has 2 aliphatic heterocycles. The lowest BCUT2D eigenvalue weighted by Gasteiger charge is -2.37. The molecule has 1 unspecified atom stereocenters. The van der Waals surface area contributed by atoms with Crippen LogP contribution in [-0.4, -0.2) is 70.6 Å². The maximum atomic E-state index is 13.3. The van der Waals surface area contributed by atoms with Gasteiger partial charge in [0.25, 0.3) is 0 Å². The summed E-state index contributed by atoms with van der Waals surface area (Å²) >= 11 is 0. The Morgan fingerprint density at radius 2 is 1.92 bits per heavy atom. The number of likely N-dealkylation sites (tertiary alicyclic amines) is 1. The van der Waals surface area contributed by atoms with Crippen LogP contribution in [0.4, 0.5) is 4.39 Å². The minimum absolute atomic E-state index is 0.0774. The summed E-state index contributed by atoms with van der Waals surface area (Å²) in [6.07, 6.45) is 3.33. The van der Waals surface area contributed by atoms with Crippen LogP contribution in [0, 0.1) is 5.82 Å². The number of nitrogens with zero attached hydrogens (tertiary/aromatic N) is 4. The third kappa shape index (κ3) is 2.89. The van der Waals surface area contributed by atoms with Gasteiger partial charge >= 0.3 is 0 Å². The summed E-state index contributed by atoms with van der Waals surface area (Å²) in [6, 6.07) is 5.16. The van der Waals surface area contributed by atoms with Gasteiger partial charge in [0, 0.05) is 56.8 Å². The van der Waals surface area contributed by atoms with E-state index in [4.69, 9.17) is 4.52 Å². The summed E-state index contributed by atoms with van der Waals surface area (Å²) in [6.45, 7) is 5.24. The van der Waals surface area contributed by atoms with Gasteiger partial charge in [0.1, 0.15) is 11.5 Å². The molecular formula is C19H23FN4O2. The Balaban J connectivity index is 1.20. The average molecular weight is 358 g/mol. The highest BCUT2D eigenvalue weighted by molar-refractivity contribution is 5.84. The first-order chi connectivity index (χ1) is 12.7. The fraction of sp³-hybridized carbons (Fsp3) is 0.579. The predicted molar refractivity (Wildman–Crippen MR) is 94.0 cm³/mol. The number of carbonyl (C=O) groups excluding carboxylic acids is 1. The van der Waals surface area contributed by atoms with Crippen LogP contribution in [-0.2, 0) is 11.3 Å². The fourth-order valence-electron chi connectivity index (χ4n) is 4.30. The molecule has 3 fully saturated rings. The van der Waals surface area contributed by atoms with Gasteiger partial charge in [0.15, 0.2) is 5.58 Å². The Bertz CT molecular complexity index is 826. The maximum absolute atomic E-state index is 13.3. The predicted octanol–water partition coefficient (Wildman–Crippen LogP) is 1.85. The number of piperazine rings is 1. The average Bonchev–Trinajstić information content (AvgIpc) is 3.31. The van der Waals surface area contributed by atoms with Gasteiger partial charge in [-0.1, -0.05) is 5.16 Å². The molecular weight excluding hydrogens is 335 g/mol. The standard InChI is InChI=1S/C19H23FN4O2/c20-13-1-4-15-16(21-26-18(15)11-13)12-22-7-9-23(10-8-22)17-5-6-24(19(17)25)14-2-3-14/h1,4,11,14,17H,2-3,5-10,12H2. The molecule has 1 saturated carbocycles. The molecule has 2 aromatic rings. The van der Waals surface area contributed by atoms with Crippen molar-refractivity contribution in [3.05, 3.63) is 29.7 Å². The molecule has 0 spiro atoms. The first-order valence-corrected chi connectivity index (χ1v) is 9.50. The van der Waals surface area contributed by atoms with E-state index in [1.165, 1.54) is 25.0 Å². The smallest absolute Gasteiger partial charge is 0.240 e. The third-order valence-corrected chi connectivity index (χ3v) is 5.93. The van der Waals surface area contributed by atoms with Crippen LogP contribution in [0.5, 0.6) is 0 Å². The number of fused-ring (bicyclic) bond motifs is 1. The van der Waals surface area contributed by atoms with E-state index in [0.29, 0.717) is 24.1 Å². The first-order valence-electron chi connectivity index (χ1n) is 9.50. The van der Waals surface area contributed by atoms with Crippen LogP contribution in [0.3, 0.4) is 0 Å². The van der Waals surface area contributed by atoms with Crippen LogP contribution < -0.4 is 0 Å². The summed E-state index contributed by atoms with van der Waals surface area (Å²) in [5, 5.41) is 4.99. The Morgan fingerprint density at radius 3 is 2.69 bits per heavy atom. The van der Waals surface area contributed by atoms with Crippen LogP contribution in [0.15, 0.2) is 22.7 Å². The van der Waals surface area contributed by atoms with E-state index in [-0.39, 0.29) is 11.9 Å². The van der Waals surface area contributed by atoms with Gasteiger partial charge in [-0.25, -0.2) is 4.39 Å². The van der Waals surface area contributed by atoms with Gasteiger partial charge in [-0.3, -0.25) is 14.6 Å². The van der Waals surface area contributed by atoms with Crippen LogP contribution in [0.2, 0.25) is 0 Å². The number of benzene rings is 1. The topological polar surface area (TPSA) is 52.8 Å². The number of halogens is 1. The number of carbonyl (C=O) groups is 1. The second-order valence-corrected chi connectivity index (χ2v) is 7.65. The lowest BCUT2D eigenvalue weighted by Crippen LogP contribution is -2.52. The minimum Gasteiger partial charge on any atom is -0.356 e. The SMILES string of the molecule is O=C1C(N2CCN(Cc3noc4cc(F)ccc34)CC2)CCN1C1CC1. The molecule has 3 aliphatic rings. The quantitative estimate of drug-likeness (QED) is 0.835. The number of hydrogen-bond donors (Lipinski definition) is 0. The van der Waals surface area contributed by atoms with Crippen molar-refractivity contribution in [2.75, 3.05) is 32.7 Å². The monoisotopic (exact) mass is 358 g/mol. The van der Waals surface area contributed by atoms with E-state index in [9.17, 15) is 9.18 Å². The van der Waals surface area contributed by atoms with Crippen LogP contribution in [0.25, 0.3) is 11.0 Å². The van der Waals surface area contributed by atoms with Gasteiger partial charge in [0.2, 0.25) is 5.91 Å². The molecule has 5 rings (SSSR count). The zero-order valence-corrected chi connectivity index (χ0v) is 14.7. The van der Waals surface area contributed by atoms with E-state index < -0.39 is 0 Å². The largest absolute Gasteiger partial charge is 0.356 e.